The lowest BCUT2D eigenvalue weighted by Gasteiger charge is -2.19. The third kappa shape index (κ3) is 3.16. The average molecular weight is 201 g/mol. The molecule has 0 aromatic heterocycles. The van der Waals surface area contributed by atoms with Crippen LogP contribution in [0.4, 0.5) is 4.79 Å². The summed E-state index contributed by atoms with van der Waals surface area (Å²) in [5.74, 6) is 0. The number of amides is 2. The Hall–Kier alpha value is -0.810. The molecule has 1 saturated heterocycles. The van der Waals surface area contributed by atoms with Crippen LogP contribution in [0.25, 0.3) is 0 Å². The standard InChI is InChI=1S/C9H19N3O2/c1-6(2)11-9(13)12-7-4-10-5-8(7)14-3/h6-8,10H,4-5H2,1-3H3,(H2,11,12,13). The van der Waals surface area contributed by atoms with Gasteiger partial charge in [0.05, 0.1) is 12.1 Å². The average Bonchev–Trinajstić information content (AvgIpc) is 2.50. The van der Waals surface area contributed by atoms with Crippen LogP contribution < -0.4 is 16.0 Å². The number of carbonyl (C=O) groups is 1. The lowest BCUT2D eigenvalue weighted by molar-refractivity contribution is 0.0982. The van der Waals surface area contributed by atoms with Gasteiger partial charge < -0.3 is 20.7 Å². The van der Waals surface area contributed by atoms with Gasteiger partial charge in [0, 0.05) is 26.2 Å². The Balaban J connectivity index is 2.32. The van der Waals surface area contributed by atoms with E-state index in [4.69, 9.17) is 4.74 Å². The molecule has 2 amide bonds. The minimum absolute atomic E-state index is 0.0683. The fraction of sp³-hybridized carbons (Fsp3) is 0.889. The van der Waals surface area contributed by atoms with Crippen molar-refractivity contribution in [1.29, 1.82) is 0 Å². The van der Waals surface area contributed by atoms with Gasteiger partial charge in [-0.25, -0.2) is 4.79 Å². The van der Waals surface area contributed by atoms with E-state index in [1.165, 1.54) is 0 Å². The molecule has 1 aliphatic rings. The third-order valence-electron chi connectivity index (χ3n) is 2.20. The zero-order valence-electron chi connectivity index (χ0n) is 8.96. The van der Waals surface area contributed by atoms with Crippen molar-refractivity contribution in [2.45, 2.75) is 32.0 Å². The molecule has 2 atom stereocenters. The molecule has 0 aliphatic carbocycles. The summed E-state index contributed by atoms with van der Waals surface area (Å²) in [4.78, 5) is 11.4. The number of carbonyl (C=O) groups excluding carboxylic acids is 1. The molecule has 5 nitrogen and oxygen atoms in total. The molecule has 1 heterocycles. The van der Waals surface area contributed by atoms with Gasteiger partial charge in [0.15, 0.2) is 0 Å². The Morgan fingerprint density at radius 3 is 2.79 bits per heavy atom. The number of rotatable bonds is 3. The van der Waals surface area contributed by atoms with E-state index in [0.717, 1.165) is 13.1 Å². The molecule has 14 heavy (non-hydrogen) atoms. The number of urea groups is 1. The van der Waals surface area contributed by atoms with E-state index in [1.807, 2.05) is 13.8 Å². The Labute approximate surface area is 84.6 Å². The second-order valence-corrected chi connectivity index (χ2v) is 3.81. The Morgan fingerprint density at radius 1 is 1.50 bits per heavy atom. The summed E-state index contributed by atoms with van der Waals surface area (Å²) < 4.78 is 5.22. The highest BCUT2D eigenvalue weighted by Gasteiger charge is 2.27. The molecule has 2 unspecified atom stereocenters. The van der Waals surface area contributed by atoms with Gasteiger partial charge in [-0.2, -0.15) is 0 Å². The van der Waals surface area contributed by atoms with Crippen LogP contribution in [0, 0.1) is 0 Å². The zero-order valence-corrected chi connectivity index (χ0v) is 8.96. The van der Waals surface area contributed by atoms with Gasteiger partial charge >= 0.3 is 6.03 Å². The largest absolute Gasteiger partial charge is 0.378 e. The quantitative estimate of drug-likeness (QED) is 0.586. The lowest BCUT2D eigenvalue weighted by Crippen LogP contribution is -2.49. The minimum Gasteiger partial charge on any atom is -0.378 e. The molecule has 0 saturated carbocycles. The molecule has 3 N–H and O–H groups in total. The summed E-state index contributed by atoms with van der Waals surface area (Å²) >= 11 is 0. The fourth-order valence-electron chi connectivity index (χ4n) is 1.52. The summed E-state index contributed by atoms with van der Waals surface area (Å²) in [7, 11) is 1.66. The van der Waals surface area contributed by atoms with Crippen LogP contribution in [0.3, 0.4) is 0 Å². The summed E-state index contributed by atoms with van der Waals surface area (Å²) in [5.41, 5.74) is 0. The second kappa shape index (κ2) is 5.17. The van der Waals surface area contributed by atoms with Gasteiger partial charge in [0.2, 0.25) is 0 Å². The third-order valence-corrected chi connectivity index (χ3v) is 2.20. The molecule has 1 fully saturated rings. The number of hydrogen-bond acceptors (Lipinski definition) is 3. The van der Waals surface area contributed by atoms with Crippen LogP contribution in [0.15, 0.2) is 0 Å². The number of methoxy groups -OCH3 is 1. The maximum atomic E-state index is 11.4. The molecule has 0 bridgehead atoms. The van der Waals surface area contributed by atoms with Crippen molar-refractivity contribution in [2.24, 2.45) is 0 Å². The molecule has 5 heteroatoms. The molecule has 0 aromatic carbocycles. The van der Waals surface area contributed by atoms with E-state index in [9.17, 15) is 4.79 Å². The van der Waals surface area contributed by atoms with Gasteiger partial charge in [0.1, 0.15) is 0 Å². The molecule has 0 aromatic rings. The Morgan fingerprint density at radius 2 is 2.21 bits per heavy atom. The van der Waals surface area contributed by atoms with Gasteiger partial charge in [-0.15, -0.1) is 0 Å². The molecule has 82 valence electrons. The van der Waals surface area contributed by atoms with Crippen molar-refractivity contribution < 1.29 is 9.53 Å². The predicted octanol–water partition coefficient (Wildman–Crippen LogP) is -0.319. The van der Waals surface area contributed by atoms with Crippen molar-refractivity contribution in [1.82, 2.24) is 16.0 Å². The van der Waals surface area contributed by atoms with Crippen molar-refractivity contribution in [2.75, 3.05) is 20.2 Å². The first-order valence-electron chi connectivity index (χ1n) is 4.94. The van der Waals surface area contributed by atoms with Crippen molar-refractivity contribution in [3.63, 3.8) is 0 Å². The molecule has 1 aliphatic heterocycles. The topological polar surface area (TPSA) is 62.4 Å². The summed E-state index contributed by atoms with van der Waals surface area (Å²) in [6, 6.07) is 0.0971. The van der Waals surface area contributed by atoms with Gasteiger partial charge in [-0.05, 0) is 13.8 Å². The van der Waals surface area contributed by atoms with Gasteiger partial charge in [-0.3, -0.25) is 0 Å². The maximum absolute atomic E-state index is 11.4. The van der Waals surface area contributed by atoms with E-state index >= 15 is 0 Å². The molecular weight excluding hydrogens is 182 g/mol. The summed E-state index contributed by atoms with van der Waals surface area (Å²) in [5, 5.41) is 8.82. The smallest absolute Gasteiger partial charge is 0.315 e. The minimum atomic E-state index is -0.129. The van der Waals surface area contributed by atoms with Gasteiger partial charge in [0.25, 0.3) is 0 Å². The first-order valence-corrected chi connectivity index (χ1v) is 4.94. The van der Waals surface area contributed by atoms with Gasteiger partial charge in [-0.1, -0.05) is 0 Å². The monoisotopic (exact) mass is 201 g/mol. The highest BCUT2D eigenvalue weighted by Crippen LogP contribution is 2.03. The molecule has 0 radical (unpaired) electrons. The van der Waals surface area contributed by atoms with Crippen LogP contribution >= 0.6 is 0 Å². The highest BCUT2D eigenvalue weighted by molar-refractivity contribution is 5.74. The van der Waals surface area contributed by atoms with E-state index in [2.05, 4.69) is 16.0 Å². The Kier molecular flexibility index (Phi) is 4.16. The Bertz CT molecular complexity index is 196. The van der Waals surface area contributed by atoms with Crippen LogP contribution in [0.1, 0.15) is 13.8 Å². The van der Waals surface area contributed by atoms with Crippen molar-refractivity contribution >= 4 is 6.03 Å². The number of hydrogen-bond donors (Lipinski definition) is 3. The lowest BCUT2D eigenvalue weighted by atomic mass is 10.2. The van der Waals surface area contributed by atoms with Crippen molar-refractivity contribution in [3.8, 4) is 0 Å². The van der Waals surface area contributed by atoms with Crippen LogP contribution in [0.2, 0.25) is 0 Å². The molecular formula is C9H19N3O2. The predicted molar refractivity (Wildman–Crippen MR) is 54.3 cm³/mol. The molecule has 0 spiro atoms. The SMILES string of the molecule is COC1CNCC1NC(=O)NC(C)C. The van der Waals surface area contributed by atoms with E-state index < -0.39 is 0 Å². The summed E-state index contributed by atoms with van der Waals surface area (Å²) in [6.07, 6.45) is 0.0768. The van der Waals surface area contributed by atoms with E-state index in [0.29, 0.717) is 0 Å². The van der Waals surface area contributed by atoms with Crippen LogP contribution in [-0.4, -0.2) is 44.4 Å². The fourth-order valence-corrected chi connectivity index (χ4v) is 1.52. The van der Waals surface area contributed by atoms with Crippen molar-refractivity contribution in [3.05, 3.63) is 0 Å². The number of ether oxygens (including phenoxy) is 1. The number of nitrogens with one attached hydrogen (secondary N) is 3. The maximum Gasteiger partial charge on any atom is 0.315 e. The van der Waals surface area contributed by atoms with Crippen LogP contribution in [0.5, 0.6) is 0 Å². The zero-order chi connectivity index (χ0) is 10.6. The highest BCUT2D eigenvalue weighted by atomic mass is 16.5. The second-order valence-electron chi connectivity index (χ2n) is 3.81. The van der Waals surface area contributed by atoms with E-state index in [1.54, 1.807) is 7.11 Å². The summed E-state index contributed by atoms with van der Waals surface area (Å²) in [6.45, 7) is 5.42. The first kappa shape index (κ1) is 11.3. The normalized spacial score (nSPS) is 26.6. The van der Waals surface area contributed by atoms with Crippen LogP contribution in [-0.2, 0) is 4.74 Å². The molecule has 1 rings (SSSR count). The first-order chi connectivity index (χ1) is 6.63. The van der Waals surface area contributed by atoms with E-state index in [-0.39, 0.29) is 24.2 Å².